The summed E-state index contributed by atoms with van der Waals surface area (Å²) in [6.45, 7) is 6.07. The first-order valence-electron chi connectivity index (χ1n) is 7.17. The van der Waals surface area contributed by atoms with E-state index in [-0.39, 0.29) is 0 Å². The molecule has 1 aromatic heterocycles. The van der Waals surface area contributed by atoms with Crippen molar-refractivity contribution in [2.75, 3.05) is 30.4 Å². The molecule has 19 heavy (non-hydrogen) atoms. The van der Waals surface area contributed by atoms with Crippen molar-refractivity contribution in [3.63, 3.8) is 0 Å². The van der Waals surface area contributed by atoms with E-state index < -0.39 is 0 Å². The molecule has 5 nitrogen and oxygen atoms in total. The Labute approximate surface area is 115 Å². The molecule has 0 unspecified atom stereocenters. The molecule has 0 bridgehead atoms. The number of rotatable bonds is 7. The van der Waals surface area contributed by atoms with Crippen LogP contribution in [0.1, 0.15) is 38.9 Å². The van der Waals surface area contributed by atoms with E-state index in [4.69, 9.17) is 4.74 Å². The molecule has 0 aromatic carbocycles. The van der Waals surface area contributed by atoms with Gasteiger partial charge in [-0.25, -0.2) is 9.97 Å². The molecule has 106 valence electrons. The minimum absolute atomic E-state index is 0.473. The molecular formula is C14H24N4O. The average Bonchev–Trinajstić information content (AvgIpc) is 2.34. The Kier molecular flexibility index (Phi) is 4.96. The Bertz CT molecular complexity index is 406. The van der Waals surface area contributed by atoms with Gasteiger partial charge in [-0.3, -0.25) is 0 Å². The van der Waals surface area contributed by atoms with Crippen molar-refractivity contribution in [3.8, 4) is 0 Å². The average molecular weight is 264 g/mol. The Morgan fingerprint density at radius 1 is 1.37 bits per heavy atom. The van der Waals surface area contributed by atoms with Gasteiger partial charge in [-0.2, -0.15) is 0 Å². The predicted molar refractivity (Wildman–Crippen MR) is 77.6 cm³/mol. The Morgan fingerprint density at radius 3 is 2.74 bits per heavy atom. The first-order valence-corrected chi connectivity index (χ1v) is 7.17. The monoisotopic (exact) mass is 264 g/mol. The summed E-state index contributed by atoms with van der Waals surface area (Å²) in [7, 11) is 2.12. The van der Waals surface area contributed by atoms with Crippen molar-refractivity contribution < 1.29 is 4.74 Å². The van der Waals surface area contributed by atoms with Crippen LogP contribution in [0.3, 0.4) is 0 Å². The Morgan fingerprint density at radius 2 is 2.16 bits per heavy atom. The summed E-state index contributed by atoms with van der Waals surface area (Å²) in [5.41, 5.74) is 0. The fourth-order valence-corrected chi connectivity index (χ4v) is 2.15. The number of ether oxygens (including phenoxy) is 1. The molecule has 0 aliphatic heterocycles. The quantitative estimate of drug-likeness (QED) is 0.819. The van der Waals surface area contributed by atoms with Crippen LogP contribution in [0.5, 0.6) is 0 Å². The van der Waals surface area contributed by atoms with Gasteiger partial charge in [0.2, 0.25) is 0 Å². The lowest BCUT2D eigenvalue weighted by Crippen LogP contribution is -2.37. The third kappa shape index (κ3) is 3.56. The number of nitrogens with one attached hydrogen (secondary N) is 1. The van der Waals surface area contributed by atoms with Gasteiger partial charge in [0.15, 0.2) is 5.82 Å². The second kappa shape index (κ2) is 6.70. The third-order valence-corrected chi connectivity index (χ3v) is 3.54. The predicted octanol–water partition coefficient (Wildman–Crippen LogP) is 2.43. The van der Waals surface area contributed by atoms with Gasteiger partial charge >= 0.3 is 0 Å². The number of hydrogen-bond donors (Lipinski definition) is 1. The van der Waals surface area contributed by atoms with E-state index in [0.717, 1.165) is 24.0 Å². The van der Waals surface area contributed by atoms with Crippen molar-refractivity contribution in [2.24, 2.45) is 0 Å². The van der Waals surface area contributed by atoms with Crippen LogP contribution in [0.2, 0.25) is 0 Å². The molecule has 1 aliphatic carbocycles. The molecule has 1 N–H and O–H groups in total. The van der Waals surface area contributed by atoms with E-state index in [1.807, 2.05) is 13.0 Å². The van der Waals surface area contributed by atoms with Crippen LogP contribution in [-0.4, -0.2) is 36.2 Å². The lowest BCUT2D eigenvalue weighted by atomic mass is 9.92. The van der Waals surface area contributed by atoms with Crippen LogP contribution in [0.25, 0.3) is 0 Å². The fourth-order valence-electron chi connectivity index (χ4n) is 2.15. The second-order valence-corrected chi connectivity index (χ2v) is 4.89. The van der Waals surface area contributed by atoms with Crippen LogP contribution < -0.4 is 10.2 Å². The highest BCUT2D eigenvalue weighted by atomic mass is 16.5. The van der Waals surface area contributed by atoms with Crippen LogP contribution >= 0.6 is 0 Å². The zero-order chi connectivity index (χ0) is 13.7. The molecular weight excluding hydrogens is 240 g/mol. The molecule has 0 spiro atoms. The molecule has 0 atom stereocenters. The van der Waals surface area contributed by atoms with Crippen LogP contribution in [0.4, 0.5) is 11.6 Å². The number of aromatic nitrogens is 2. The van der Waals surface area contributed by atoms with Gasteiger partial charge in [-0.15, -0.1) is 0 Å². The summed E-state index contributed by atoms with van der Waals surface area (Å²) < 4.78 is 5.42. The molecule has 1 saturated carbocycles. The van der Waals surface area contributed by atoms with Crippen molar-refractivity contribution >= 4 is 11.6 Å². The molecule has 1 aliphatic rings. The SMILES string of the molecule is CCNc1cc(N(C)C2CCC2)nc(COCC)n1. The van der Waals surface area contributed by atoms with Crippen molar-refractivity contribution in [3.05, 3.63) is 11.9 Å². The summed E-state index contributed by atoms with van der Waals surface area (Å²) in [4.78, 5) is 11.3. The summed E-state index contributed by atoms with van der Waals surface area (Å²) in [5, 5.41) is 3.26. The van der Waals surface area contributed by atoms with Crippen LogP contribution in [-0.2, 0) is 11.3 Å². The molecule has 2 rings (SSSR count). The zero-order valence-corrected chi connectivity index (χ0v) is 12.1. The van der Waals surface area contributed by atoms with Gasteiger partial charge in [-0.05, 0) is 33.1 Å². The summed E-state index contributed by atoms with van der Waals surface area (Å²) >= 11 is 0. The highest BCUT2D eigenvalue weighted by Gasteiger charge is 2.23. The lowest BCUT2D eigenvalue weighted by Gasteiger charge is -2.35. The smallest absolute Gasteiger partial charge is 0.158 e. The zero-order valence-electron chi connectivity index (χ0n) is 12.1. The summed E-state index contributed by atoms with van der Waals surface area (Å²) in [5.74, 6) is 2.63. The minimum Gasteiger partial charge on any atom is -0.374 e. The molecule has 0 amide bonds. The van der Waals surface area contributed by atoms with E-state index in [1.54, 1.807) is 0 Å². The maximum absolute atomic E-state index is 5.42. The van der Waals surface area contributed by atoms with E-state index in [9.17, 15) is 0 Å². The highest BCUT2D eigenvalue weighted by Crippen LogP contribution is 2.28. The molecule has 0 radical (unpaired) electrons. The summed E-state index contributed by atoms with van der Waals surface area (Å²) in [6.07, 6.45) is 3.85. The van der Waals surface area contributed by atoms with Crippen LogP contribution in [0.15, 0.2) is 6.07 Å². The fraction of sp³-hybridized carbons (Fsp3) is 0.714. The molecule has 0 saturated heterocycles. The highest BCUT2D eigenvalue weighted by molar-refractivity contribution is 5.49. The van der Waals surface area contributed by atoms with Gasteiger partial charge in [0.25, 0.3) is 0 Å². The Balaban J connectivity index is 2.16. The minimum atomic E-state index is 0.473. The largest absolute Gasteiger partial charge is 0.374 e. The van der Waals surface area contributed by atoms with Gasteiger partial charge in [0, 0.05) is 32.3 Å². The molecule has 1 fully saturated rings. The van der Waals surface area contributed by atoms with E-state index >= 15 is 0 Å². The number of nitrogens with zero attached hydrogens (tertiary/aromatic N) is 3. The standard InChI is InChI=1S/C14H24N4O/c1-4-15-12-9-14(18(3)11-7-6-8-11)17-13(16-12)10-19-5-2/h9,11H,4-8,10H2,1-3H3,(H,15,16,17). The molecule has 1 heterocycles. The lowest BCUT2D eigenvalue weighted by molar-refractivity contribution is 0.128. The first-order chi connectivity index (χ1) is 9.24. The number of hydrogen-bond acceptors (Lipinski definition) is 5. The maximum atomic E-state index is 5.42. The van der Waals surface area contributed by atoms with Crippen molar-refractivity contribution in [1.82, 2.24) is 9.97 Å². The van der Waals surface area contributed by atoms with Gasteiger partial charge < -0.3 is 15.0 Å². The molecule has 1 aromatic rings. The van der Waals surface area contributed by atoms with Gasteiger partial charge in [0.05, 0.1) is 0 Å². The summed E-state index contributed by atoms with van der Waals surface area (Å²) in [6, 6.07) is 2.65. The van der Waals surface area contributed by atoms with Crippen molar-refractivity contribution in [2.45, 2.75) is 45.8 Å². The third-order valence-electron chi connectivity index (χ3n) is 3.54. The second-order valence-electron chi connectivity index (χ2n) is 4.89. The maximum Gasteiger partial charge on any atom is 0.158 e. The number of anilines is 2. The van der Waals surface area contributed by atoms with E-state index in [1.165, 1.54) is 19.3 Å². The van der Waals surface area contributed by atoms with Gasteiger partial charge in [-0.1, -0.05) is 0 Å². The normalized spacial score (nSPS) is 15.1. The molecule has 5 heteroatoms. The first kappa shape index (κ1) is 14.1. The topological polar surface area (TPSA) is 50.3 Å². The van der Waals surface area contributed by atoms with Crippen LogP contribution in [0, 0.1) is 0 Å². The Hall–Kier alpha value is -1.36. The van der Waals surface area contributed by atoms with Crippen molar-refractivity contribution in [1.29, 1.82) is 0 Å². The van der Waals surface area contributed by atoms with E-state index in [2.05, 4.69) is 34.2 Å². The van der Waals surface area contributed by atoms with E-state index in [0.29, 0.717) is 19.3 Å². The van der Waals surface area contributed by atoms with Gasteiger partial charge in [0.1, 0.15) is 18.2 Å².